The average Bonchev–Trinajstić information content (AvgIpc) is 2.47. The molecular formula is C15H21NO3. The molecule has 0 N–H and O–H groups in total. The summed E-state index contributed by atoms with van der Waals surface area (Å²) in [5.41, 5.74) is 1.75. The van der Waals surface area contributed by atoms with Crippen molar-refractivity contribution in [1.82, 2.24) is 4.90 Å². The minimum absolute atomic E-state index is 0.314. The van der Waals surface area contributed by atoms with Crippen LogP contribution >= 0.6 is 0 Å². The van der Waals surface area contributed by atoms with E-state index in [9.17, 15) is 4.79 Å². The summed E-state index contributed by atoms with van der Waals surface area (Å²) < 4.78 is 11.0. The Hall–Kier alpha value is -1.39. The van der Waals surface area contributed by atoms with Gasteiger partial charge in [-0.1, -0.05) is 6.92 Å². The fraction of sp³-hybridized carbons (Fsp3) is 0.533. The van der Waals surface area contributed by atoms with E-state index in [-0.39, 0.29) is 0 Å². The molecule has 0 aliphatic carbocycles. The van der Waals surface area contributed by atoms with E-state index in [1.807, 2.05) is 12.1 Å². The minimum atomic E-state index is 0.314. The molecule has 1 aromatic carbocycles. The van der Waals surface area contributed by atoms with E-state index in [0.717, 1.165) is 50.3 Å². The molecule has 1 aromatic rings. The largest absolute Gasteiger partial charge is 0.496 e. The maximum absolute atomic E-state index is 10.9. The van der Waals surface area contributed by atoms with Crippen LogP contribution in [0.5, 0.6) is 5.75 Å². The second-order valence-electron chi connectivity index (χ2n) is 4.83. The maximum atomic E-state index is 10.9. The normalized spacial score (nSPS) is 20.2. The Morgan fingerprint density at radius 1 is 1.53 bits per heavy atom. The van der Waals surface area contributed by atoms with Crippen molar-refractivity contribution in [3.05, 3.63) is 29.3 Å². The fourth-order valence-electron chi connectivity index (χ4n) is 2.41. The van der Waals surface area contributed by atoms with Crippen LogP contribution in [0.2, 0.25) is 0 Å². The molecule has 0 spiro atoms. The molecule has 19 heavy (non-hydrogen) atoms. The number of rotatable bonds is 5. The van der Waals surface area contributed by atoms with E-state index in [4.69, 9.17) is 9.47 Å². The molecule has 4 nitrogen and oxygen atoms in total. The quantitative estimate of drug-likeness (QED) is 0.763. The van der Waals surface area contributed by atoms with Crippen molar-refractivity contribution in [2.75, 3.05) is 26.8 Å². The van der Waals surface area contributed by atoms with Gasteiger partial charge < -0.3 is 9.47 Å². The minimum Gasteiger partial charge on any atom is -0.496 e. The number of methoxy groups -OCH3 is 1. The van der Waals surface area contributed by atoms with Gasteiger partial charge in [0.2, 0.25) is 0 Å². The number of carbonyl (C=O) groups excluding carboxylic acids is 1. The van der Waals surface area contributed by atoms with Crippen LogP contribution in [0.3, 0.4) is 0 Å². The van der Waals surface area contributed by atoms with Gasteiger partial charge in [0, 0.05) is 30.8 Å². The number of hydrogen-bond donors (Lipinski definition) is 0. The monoisotopic (exact) mass is 263 g/mol. The highest BCUT2D eigenvalue weighted by Crippen LogP contribution is 2.22. The Labute approximate surface area is 114 Å². The summed E-state index contributed by atoms with van der Waals surface area (Å²) in [4.78, 5) is 13.2. The summed E-state index contributed by atoms with van der Waals surface area (Å²) in [7, 11) is 1.66. The van der Waals surface area contributed by atoms with Crippen LogP contribution in [0, 0.1) is 0 Å². The number of ether oxygens (including phenoxy) is 2. The van der Waals surface area contributed by atoms with Crippen molar-refractivity contribution in [3.63, 3.8) is 0 Å². The van der Waals surface area contributed by atoms with Crippen LogP contribution in [-0.4, -0.2) is 44.1 Å². The molecule has 1 atom stereocenters. The highest BCUT2D eigenvalue weighted by molar-refractivity contribution is 5.75. The third kappa shape index (κ3) is 3.55. The Bertz CT molecular complexity index is 433. The Balaban J connectivity index is 2.10. The van der Waals surface area contributed by atoms with E-state index in [1.165, 1.54) is 0 Å². The molecule has 0 amide bonds. The molecule has 1 heterocycles. The zero-order chi connectivity index (χ0) is 13.7. The first-order valence-electron chi connectivity index (χ1n) is 6.73. The maximum Gasteiger partial charge on any atom is 0.150 e. The second-order valence-corrected chi connectivity index (χ2v) is 4.83. The van der Waals surface area contributed by atoms with Crippen molar-refractivity contribution in [2.45, 2.75) is 26.0 Å². The number of morpholine rings is 1. The highest BCUT2D eigenvalue weighted by Gasteiger charge is 2.20. The van der Waals surface area contributed by atoms with E-state index >= 15 is 0 Å². The van der Waals surface area contributed by atoms with Gasteiger partial charge in [0.25, 0.3) is 0 Å². The molecule has 104 valence electrons. The van der Waals surface area contributed by atoms with Crippen molar-refractivity contribution < 1.29 is 14.3 Å². The molecule has 0 saturated carbocycles. The van der Waals surface area contributed by atoms with Crippen molar-refractivity contribution in [3.8, 4) is 5.75 Å². The predicted molar refractivity (Wildman–Crippen MR) is 73.7 cm³/mol. The number of carbonyl (C=O) groups is 1. The van der Waals surface area contributed by atoms with Gasteiger partial charge >= 0.3 is 0 Å². The van der Waals surface area contributed by atoms with Crippen LogP contribution in [0.15, 0.2) is 18.2 Å². The first-order valence-corrected chi connectivity index (χ1v) is 6.73. The van der Waals surface area contributed by atoms with E-state index in [0.29, 0.717) is 11.7 Å². The lowest BCUT2D eigenvalue weighted by atomic mass is 10.1. The zero-order valence-electron chi connectivity index (χ0n) is 11.6. The fourth-order valence-corrected chi connectivity index (χ4v) is 2.41. The Morgan fingerprint density at radius 3 is 3.05 bits per heavy atom. The van der Waals surface area contributed by atoms with Gasteiger partial charge in [-0.2, -0.15) is 0 Å². The topological polar surface area (TPSA) is 38.8 Å². The first kappa shape index (κ1) is 14.0. The molecule has 1 saturated heterocycles. The predicted octanol–water partition coefficient (Wildman–Crippen LogP) is 2.12. The molecule has 4 heteroatoms. The summed E-state index contributed by atoms with van der Waals surface area (Å²) in [6.07, 6.45) is 2.22. The van der Waals surface area contributed by atoms with Gasteiger partial charge in [-0.25, -0.2) is 0 Å². The molecular weight excluding hydrogens is 242 g/mol. The van der Waals surface area contributed by atoms with Crippen LogP contribution < -0.4 is 4.74 Å². The lowest BCUT2D eigenvalue weighted by Crippen LogP contribution is -2.41. The van der Waals surface area contributed by atoms with Gasteiger partial charge in [-0.3, -0.25) is 9.69 Å². The summed E-state index contributed by atoms with van der Waals surface area (Å²) in [6, 6.07) is 5.54. The summed E-state index contributed by atoms with van der Waals surface area (Å²) in [6.45, 7) is 5.57. The lowest BCUT2D eigenvalue weighted by molar-refractivity contribution is -0.0326. The molecule has 0 radical (unpaired) electrons. The number of aldehydes is 1. The molecule has 0 aromatic heterocycles. The Morgan fingerprint density at radius 2 is 2.37 bits per heavy atom. The first-order chi connectivity index (χ1) is 9.26. The van der Waals surface area contributed by atoms with Gasteiger partial charge in [-0.15, -0.1) is 0 Å². The average molecular weight is 263 g/mol. The van der Waals surface area contributed by atoms with Crippen molar-refractivity contribution in [1.29, 1.82) is 0 Å². The summed E-state index contributed by atoms with van der Waals surface area (Å²) in [5, 5.41) is 0. The number of hydrogen-bond acceptors (Lipinski definition) is 4. The Kier molecular flexibility index (Phi) is 4.93. The third-order valence-corrected chi connectivity index (χ3v) is 3.51. The lowest BCUT2D eigenvalue weighted by Gasteiger charge is -2.32. The van der Waals surface area contributed by atoms with Gasteiger partial charge in [0.1, 0.15) is 12.0 Å². The van der Waals surface area contributed by atoms with E-state index in [2.05, 4.69) is 11.8 Å². The van der Waals surface area contributed by atoms with Crippen molar-refractivity contribution >= 4 is 6.29 Å². The van der Waals surface area contributed by atoms with Gasteiger partial charge in [0.15, 0.2) is 0 Å². The van der Waals surface area contributed by atoms with E-state index in [1.54, 1.807) is 13.2 Å². The van der Waals surface area contributed by atoms with E-state index < -0.39 is 0 Å². The molecule has 1 unspecified atom stereocenters. The van der Waals surface area contributed by atoms with Crippen LogP contribution in [0.1, 0.15) is 29.3 Å². The number of nitrogens with zero attached hydrogens (tertiary/aromatic N) is 1. The number of benzene rings is 1. The molecule has 0 bridgehead atoms. The van der Waals surface area contributed by atoms with Crippen LogP contribution in [0.4, 0.5) is 0 Å². The SMILES string of the molecule is CCC1CN(Cc2cc(C=O)ccc2OC)CCO1. The summed E-state index contributed by atoms with van der Waals surface area (Å²) >= 11 is 0. The molecule has 1 aliphatic heterocycles. The van der Waals surface area contributed by atoms with Crippen molar-refractivity contribution in [2.24, 2.45) is 0 Å². The molecule has 2 rings (SSSR count). The van der Waals surface area contributed by atoms with Crippen LogP contribution in [0.25, 0.3) is 0 Å². The smallest absolute Gasteiger partial charge is 0.150 e. The standard InChI is InChI=1S/C15H21NO3/c1-3-14-10-16(6-7-19-14)9-13-8-12(11-17)4-5-15(13)18-2/h4-5,8,11,14H,3,6-7,9-10H2,1-2H3. The molecule has 1 aliphatic rings. The zero-order valence-corrected chi connectivity index (χ0v) is 11.6. The summed E-state index contributed by atoms with van der Waals surface area (Å²) in [5.74, 6) is 0.838. The molecule has 1 fully saturated rings. The highest BCUT2D eigenvalue weighted by atomic mass is 16.5. The van der Waals surface area contributed by atoms with Crippen LogP contribution in [-0.2, 0) is 11.3 Å². The third-order valence-electron chi connectivity index (χ3n) is 3.51. The second kappa shape index (κ2) is 6.68. The van der Waals surface area contributed by atoms with Gasteiger partial charge in [0.05, 0.1) is 19.8 Å². The van der Waals surface area contributed by atoms with Gasteiger partial charge in [-0.05, 0) is 24.6 Å².